The number of carbonyl (C=O) groups excluding carboxylic acids is 1. The number of benzene rings is 1. The lowest BCUT2D eigenvalue weighted by Crippen LogP contribution is -2.19. The van der Waals surface area contributed by atoms with E-state index in [1.807, 2.05) is 0 Å². The molecule has 0 radical (unpaired) electrons. The average molecular weight is 313 g/mol. The Labute approximate surface area is 123 Å². The Balaban J connectivity index is 1.96. The minimum atomic E-state index is -1.05. The molecule has 0 atom stereocenters. The third-order valence-electron chi connectivity index (χ3n) is 2.37. The van der Waals surface area contributed by atoms with Gasteiger partial charge in [-0.3, -0.25) is 9.48 Å². The van der Waals surface area contributed by atoms with Gasteiger partial charge in [0.15, 0.2) is 0 Å². The summed E-state index contributed by atoms with van der Waals surface area (Å²) in [6.07, 6.45) is 2.65. The van der Waals surface area contributed by atoms with Crippen LogP contribution in [0.2, 0.25) is 5.02 Å². The first-order valence-corrected chi connectivity index (χ1v) is 6.09. The first-order chi connectivity index (χ1) is 9.94. The highest BCUT2D eigenvalue weighted by molar-refractivity contribution is 6.30. The van der Waals surface area contributed by atoms with Crippen molar-refractivity contribution in [3.8, 4) is 0 Å². The minimum Gasteiger partial charge on any atom is -0.480 e. The van der Waals surface area contributed by atoms with Gasteiger partial charge in [0.1, 0.15) is 12.4 Å². The molecule has 0 aliphatic heterocycles. The minimum absolute atomic E-state index is 0.0455. The molecule has 3 N–H and O–H groups in total. The number of carbonyl (C=O) groups is 2. The average Bonchev–Trinajstić information content (AvgIpc) is 2.80. The van der Waals surface area contributed by atoms with E-state index >= 15 is 0 Å². The van der Waals surface area contributed by atoms with Crippen LogP contribution < -0.4 is 10.6 Å². The number of hydrogen-bond acceptors (Lipinski definition) is 3. The molecule has 0 fully saturated rings. The molecule has 9 heteroatoms. The summed E-state index contributed by atoms with van der Waals surface area (Å²) in [6, 6.07) is 3.22. The van der Waals surface area contributed by atoms with Gasteiger partial charge in [-0.15, -0.1) is 0 Å². The van der Waals surface area contributed by atoms with Crippen molar-refractivity contribution in [1.82, 2.24) is 9.78 Å². The number of halogens is 2. The van der Waals surface area contributed by atoms with Crippen LogP contribution in [-0.4, -0.2) is 26.9 Å². The highest BCUT2D eigenvalue weighted by atomic mass is 35.5. The first-order valence-electron chi connectivity index (χ1n) is 5.71. The zero-order valence-electron chi connectivity index (χ0n) is 10.5. The molecule has 1 aromatic heterocycles. The highest BCUT2D eigenvalue weighted by Gasteiger charge is 2.08. The molecule has 0 spiro atoms. The third-order valence-corrected chi connectivity index (χ3v) is 2.67. The fourth-order valence-corrected chi connectivity index (χ4v) is 1.64. The number of aromatic nitrogens is 2. The van der Waals surface area contributed by atoms with Gasteiger partial charge in [0, 0.05) is 11.9 Å². The van der Waals surface area contributed by atoms with Crippen LogP contribution in [0.4, 0.5) is 20.6 Å². The third kappa shape index (κ3) is 4.18. The van der Waals surface area contributed by atoms with Crippen molar-refractivity contribution in [2.24, 2.45) is 0 Å². The summed E-state index contributed by atoms with van der Waals surface area (Å²) in [6.45, 7) is -0.314. The van der Waals surface area contributed by atoms with Gasteiger partial charge in [0.25, 0.3) is 0 Å². The maximum Gasteiger partial charge on any atom is 0.325 e. The quantitative estimate of drug-likeness (QED) is 0.807. The molecular formula is C12H10ClFN4O3. The molecule has 2 aromatic rings. The van der Waals surface area contributed by atoms with Crippen molar-refractivity contribution in [2.75, 3.05) is 10.6 Å². The van der Waals surface area contributed by atoms with Crippen LogP contribution >= 0.6 is 11.6 Å². The zero-order valence-corrected chi connectivity index (χ0v) is 11.3. The van der Waals surface area contributed by atoms with Crippen molar-refractivity contribution in [2.45, 2.75) is 6.54 Å². The lowest BCUT2D eigenvalue weighted by Gasteiger charge is -2.06. The maximum atomic E-state index is 13.2. The highest BCUT2D eigenvalue weighted by Crippen LogP contribution is 2.18. The molecule has 0 aliphatic carbocycles. The molecule has 0 saturated carbocycles. The summed E-state index contributed by atoms with van der Waals surface area (Å²) in [5.74, 6) is -1.70. The fraction of sp³-hybridized carbons (Fsp3) is 0.0833. The summed E-state index contributed by atoms with van der Waals surface area (Å²) in [4.78, 5) is 22.2. The Morgan fingerprint density at radius 3 is 2.71 bits per heavy atom. The predicted octanol–water partition coefficient (Wildman–Crippen LogP) is 2.40. The summed E-state index contributed by atoms with van der Waals surface area (Å²) < 4.78 is 14.4. The van der Waals surface area contributed by atoms with Gasteiger partial charge in [-0.2, -0.15) is 5.10 Å². The van der Waals surface area contributed by atoms with E-state index in [0.717, 1.165) is 10.7 Å². The number of amides is 2. The van der Waals surface area contributed by atoms with E-state index in [1.165, 1.54) is 24.5 Å². The second kappa shape index (κ2) is 6.23. The van der Waals surface area contributed by atoms with Crippen LogP contribution in [0.3, 0.4) is 0 Å². The van der Waals surface area contributed by atoms with E-state index in [0.29, 0.717) is 5.69 Å². The standard InChI is InChI=1S/C12H10ClFN4O3/c13-9-2-1-7(3-10(9)14)16-12(21)17-8-4-15-18(5-8)6-11(19)20/h1-5H,6H2,(H,19,20)(H2,16,17,21). The smallest absolute Gasteiger partial charge is 0.325 e. The summed E-state index contributed by atoms with van der Waals surface area (Å²) in [5, 5.41) is 17.1. The second-order valence-electron chi connectivity index (χ2n) is 4.03. The number of anilines is 2. The zero-order chi connectivity index (χ0) is 15.4. The first kappa shape index (κ1) is 14.8. The van der Waals surface area contributed by atoms with Crippen molar-refractivity contribution in [3.63, 3.8) is 0 Å². The number of carboxylic acids is 1. The van der Waals surface area contributed by atoms with Crippen LogP contribution in [0, 0.1) is 5.82 Å². The molecule has 0 aliphatic rings. The topological polar surface area (TPSA) is 96.2 Å². The Morgan fingerprint density at radius 2 is 2.05 bits per heavy atom. The fourth-order valence-electron chi connectivity index (χ4n) is 1.52. The molecule has 2 rings (SSSR count). The molecular weight excluding hydrogens is 303 g/mol. The Hall–Kier alpha value is -2.61. The summed E-state index contributed by atoms with van der Waals surface area (Å²) >= 11 is 5.53. The predicted molar refractivity (Wildman–Crippen MR) is 73.9 cm³/mol. The van der Waals surface area contributed by atoms with E-state index in [-0.39, 0.29) is 17.3 Å². The van der Waals surface area contributed by atoms with E-state index in [2.05, 4.69) is 15.7 Å². The summed E-state index contributed by atoms with van der Waals surface area (Å²) in [5.41, 5.74) is 0.538. The molecule has 7 nitrogen and oxygen atoms in total. The lowest BCUT2D eigenvalue weighted by molar-refractivity contribution is -0.137. The second-order valence-corrected chi connectivity index (χ2v) is 4.44. The molecule has 1 aromatic carbocycles. The van der Waals surface area contributed by atoms with E-state index in [1.54, 1.807) is 0 Å². The van der Waals surface area contributed by atoms with E-state index < -0.39 is 17.8 Å². The number of carboxylic acid groups (broad SMARTS) is 1. The van der Waals surface area contributed by atoms with Gasteiger partial charge in [0.2, 0.25) is 0 Å². The van der Waals surface area contributed by atoms with Gasteiger partial charge in [-0.25, -0.2) is 9.18 Å². The van der Waals surface area contributed by atoms with Gasteiger partial charge in [-0.1, -0.05) is 11.6 Å². The van der Waals surface area contributed by atoms with Crippen LogP contribution in [0.1, 0.15) is 0 Å². The van der Waals surface area contributed by atoms with Gasteiger partial charge >= 0.3 is 12.0 Å². The lowest BCUT2D eigenvalue weighted by atomic mass is 10.3. The van der Waals surface area contributed by atoms with E-state index in [9.17, 15) is 14.0 Å². The van der Waals surface area contributed by atoms with Crippen LogP contribution in [0.15, 0.2) is 30.6 Å². The SMILES string of the molecule is O=C(O)Cn1cc(NC(=O)Nc2ccc(Cl)c(F)c2)cn1. The molecule has 1 heterocycles. The number of urea groups is 1. The van der Waals surface area contributed by atoms with Gasteiger partial charge < -0.3 is 15.7 Å². The van der Waals surface area contributed by atoms with Crippen molar-refractivity contribution in [3.05, 3.63) is 41.4 Å². The monoisotopic (exact) mass is 312 g/mol. The van der Waals surface area contributed by atoms with Gasteiger partial charge in [-0.05, 0) is 18.2 Å². The molecule has 0 unspecified atom stereocenters. The number of nitrogens with one attached hydrogen (secondary N) is 2. The normalized spacial score (nSPS) is 10.2. The van der Waals surface area contributed by atoms with Crippen molar-refractivity contribution >= 4 is 35.0 Å². The number of hydrogen-bond donors (Lipinski definition) is 3. The maximum absolute atomic E-state index is 13.2. The number of rotatable bonds is 4. The van der Waals surface area contributed by atoms with Crippen LogP contribution in [0.25, 0.3) is 0 Å². The molecule has 0 bridgehead atoms. The van der Waals surface area contributed by atoms with Crippen molar-refractivity contribution in [1.29, 1.82) is 0 Å². The largest absolute Gasteiger partial charge is 0.480 e. The molecule has 21 heavy (non-hydrogen) atoms. The Bertz CT molecular complexity index is 689. The molecule has 110 valence electrons. The van der Waals surface area contributed by atoms with E-state index in [4.69, 9.17) is 16.7 Å². The number of aliphatic carboxylic acids is 1. The van der Waals surface area contributed by atoms with Crippen LogP contribution in [0.5, 0.6) is 0 Å². The molecule has 0 saturated heterocycles. The van der Waals surface area contributed by atoms with Gasteiger partial charge in [0.05, 0.1) is 16.9 Å². The Morgan fingerprint density at radius 1 is 1.33 bits per heavy atom. The Kier molecular flexibility index (Phi) is 4.39. The molecule has 2 amide bonds. The van der Waals surface area contributed by atoms with Crippen molar-refractivity contribution < 1.29 is 19.1 Å². The number of nitrogens with zero attached hydrogens (tertiary/aromatic N) is 2. The van der Waals surface area contributed by atoms with Crippen LogP contribution in [-0.2, 0) is 11.3 Å². The summed E-state index contributed by atoms with van der Waals surface area (Å²) in [7, 11) is 0.